The minimum atomic E-state index is -0.139. The third-order valence-electron chi connectivity index (χ3n) is 6.50. The zero-order valence-electron chi connectivity index (χ0n) is 19.9. The Morgan fingerprint density at radius 3 is 2.66 bits per heavy atom. The van der Waals surface area contributed by atoms with Crippen molar-refractivity contribution in [3.05, 3.63) is 83.1 Å². The van der Waals surface area contributed by atoms with Gasteiger partial charge in [-0.1, -0.05) is 36.4 Å². The third-order valence-corrected chi connectivity index (χ3v) is 7.41. The van der Waals surface area contributed by atoms with Crippen LogP contribution in [0.1, 0.15) is 47.6 Å². The van der Waals surface area contributed by atoms with E-state index in [4.69, 9.17) is 0 Å². The minimum absolute atomic E-state index is 0.0794. The van der Waals surface area contributed by atoms with Crippen molar-refractivity contribution in [1.29, 1.82) is 0 Å². The SMILES string of the molecule is CC(Nc1nc(C(=O)NCC2CCN(Cc3ccccc3)CC2)c2sccc2n1)c1ccccn1. The Bertz CT molecular complexity index is 1250. The van der Waals surface area contributed by atoms with Crippen molar-refractivity contribution in [3.63, 3.8) is 0 Å². The Labute approximate surface area is 209 Å². The first-order valence-electron chi connectivity index (χ1n) is 12.1. The molecule has 0 spiro atoms. The fourth-order valence-electron chi connectivity index (χ4n) is 4.49. The molecule has 1 fully saturated rings. The van der Waals surface area contributed by atoms with Gasteiger partial charge in [0.25, 0.3) is 5.91 Å². The Hall–Kier alpha value is -3.36. The number of hydrogen-bond acceptors (Lipinski definition) is 7. The smallest absolute Gasteiger partial charge is 0.271 e. The van der Waals surface area contributed by atoms with Crippen molar-refractivity contribution in [2.75, 3.05) is 25.0 Å². The van der Waals surface area contributed by atoms with Gasteiger partial charge in [0, 0.05) is 19.3 Å². The summed E-state index contributed by atoms with van der Waals surface area (Å²) >= 11 is 1.50. The fourth-order valence-corrected chi connectivity index (χ4v) is 5.31. The lowest BCUT2D eigenvalue weighted by atomic mass is 9.96. The van der Waals surface area contributed by atoms with Crippen LogP contribution >= 0.6 is 11.3 Å². The summed E-state index contributed by atoms with van der Waals surface area (Å²) in [5.41, 5.74) is 3.46. The lowest BCUT2D eigenvalue weighted by Crippen LogP contribution is -2.38. The number of pyridine rings is 1. The van der Waals surface area contributed by atoms with Crippen LogP contribution in [-0.2, 0) is 6.54 Å². The molecule has 0 radical (unpaired) electrons. The molecule has 1 atom stereocenters. The Kier molecular flexibility index (Phi) is 7.30. The molecule has 5 rings (SSSR count). The quantitative estimate of drug-likeness (QED) is 0.369. The van der Waals surface area contributed by atoms with Crippen LogP contribution in [0.5, 0.6) is 0 Å². The van der Waals surface area contributed by atoms with Crippen LogP contribution in [0, 0.1) is 5.92 Å². The molecule has 8 heteroatoms. The number of likely N-dealkylation sites (tertiary alicyclic amines) is 1. The summed E-state index contributed by atoms with van der Waals surface area (Å²) in [5, 5.41) is 8.40. The second kappa shape index (κ2) is 10.9. The molecule has 1 amide bonds. The summed E-state index contributed by atoms with van der Waals surface area (Å²) in [6.07, 6.45) is 3.93. The number of rotatable bonds is 8. The highest BCUT2D eigenvalue weighted by atomic mass is 32.1. The maximum atomic E-state index is 13.2. The van der Waals surface area contributed by atoms with Crippen LogP contribution in [-0.4, -0.2) is 45.4 Å². The number of hydrogen-bond donors (Lipinski definition) is 2. The number of thiophene rings is 1. The average Bonchev–Trinajstić information content (AvgIpc) is 3.37. The molecule has 1 unspecified atom stereocenters. The second-order valence-electron chi connectivity index (χ2n) is 9.07. The normalized spacial score (nSPS) is 15.7. The number of nitrogens with one attached hydrogen (secondary N) is 2. The van der Waals surface area contributed by atoms with Crippen molar-refractivity contribution in [1.82, 2.24) is 25.2 Å². The first-order chi connectivity index (χ1) is 17.2. The highest BCUT2D eigenvalue weighted by molar-refractivity contribution is 7.17. The van der Waals surface area contributed by atoms with Crippen molar-refractivity contribution >= 4 is 33.4 Å². The van der Waals surface area contributed by atoms with E-state index < -0.39 is 0 Å². The zero-order valence-corrected chi connectivity index (χ0v) is 20.7. The zero-order chi connectivity index (χ0) is 24.0. The molecule has 3 aromatic heterocycles. The molecule has 1 aliphatic rings. The van der Waals surface area contributed by atoms with E-state index in [2.05, 4.69) is 60.8 Å². The van der Waals surface area contributed by atoms with E-state index in [1.165, 1.54) is 16.9 Å². The van der Waals surface area contributed by atoms with Crippen LogP contribution in [0.4, 0.5) is 5.95 Å². The van der Waals surface area contributed by atoms with Gasteiger partial charge < -0.3 is 10.6 Å². The van der Waals surface area contributed by atoms with Crippen molar-refractivity contribution in [2.45, 2.75) is 32.4 Å². The number of carbonyl (C=O) groups excluding carboxylic acids is 1. The molecule has 1 aromatic carbocycles. The van der Waals surface area contributed by atoms with E-state index in [-0.39, 0.29) is 11.9 Å². The summed E-state index contributed by atoms with van der Waals surface area (Å²) in [4.78, 5) is 29.3. The van der Waals surface area contributed by atoms with Gasteiger partial charge >= 0.3 is 0 Å². The van der Waals surface area contributed by atoms with Crippen molar-refractivity contribution < 1.29 is 4.79 Å². The highest BCUT2D eigenvalue weighted by Crippen LogP contribution is 2.25. The first kappa shape index (κ1) is 23.4. The number of nitrogens with zero attached hydrogens (tertiary/aromatic N) is 4. The van der Waals surface area contributed by atoms with Crippen LogP contribution < -0.4 is 10.6 Å². The lowest BCUT2D eigenvalue weighted by molar-refractivity contribution is 0.0932. The monoisotopic (exact) mass is 486 g/mol. The summed E-state index contributed by atoms with van der Waals surface area (Å²) < 4.78 is 0.816. The molecule has 0 saturated carbocycles. The maximum Gasteiger partial charge on any atom is 0.271 e. The van der Waals surface area contributed by atoms with Crippen LogP contribution in [0.25, 0.3) is 10.2 Å². The number of fused-ring (bicyclic) bond motifs is 1. The lowest BCUT2D eigenvalue weighted by Gasteiger charge is -2.32. The summed E-state index contributed by atoms with van der Waals surface area (Å²) in [6, 6.07) is 18.2. The molecule has 0 aliphatic carbocycles. The van der Waals surface area contributed by atoms with E-state index in [0.29, 0.717) is 24.1 Å². The van der Waals surface area contributed by atoms with Gasteiger partial charge in [-0.3, -0.25) is 14.7 Å². The van der Waals surface area contributed by atoms with Crippen molar-refractivity contribution in [2.24, 2.45) is 5.92 Å². The molecule has 1 aliphatic heterocycles. The highest BCUT2D eigenvalue weighted by Gasteiger charge is 2.22. The number of amides is 1. The number of carbonyl (C=O) groups is 1. The molecule has 180 valence electrons. The van der Waals surface area contributed by atoms with E-state index >= 15 is 0 Å². The van der Waals surface area contributed by atoms with Gasteiger partial charge in [-0.05, 0) is 67.9 Å². The number of aromatic nitrogens is 3. The average molecular weight is 487 g/mol. The van der Waals surface area contributed by atoms with Crippen molar-refractivity contribution in [3.8, 4) is 0 Å². The summed E-state index contributed by atoms with van der Waals surface area (Å²) in [5.74, 6) is 0.780. The molecule has 2 N–H and O–H groups in total. The Balaban J connectivity index is 1.19. The largest absolute Gasteiger partial charge is 0.350 e. The van der Waals surface area contributed by atoms with E-state index in [0.717, 1.165) is 48.4 Å². The summed E-state index contributed by atoms with van der Waals surface area (Å²) in [6.45, 7) is 5.77. The van der Waals surface area contributed by atoms with Gasteiger partial charge in [0.1, 0.15) is 0 Å². The molecule has 0 bridgehead atoms. The van der Waals surface area contributed by atoms with E-state index in [1.54, 1.807) is 6.20 Å². The predicted molar refractivity (Wildman–Crippen MR) is 140 cm³/mol. The standard InChI is InChI=1S/C27H30N6OS/c1-19(22-9-5-6-13-28-22)30-27-31-23-12-16-35-25(23)24(32-27)26(34)29-17-20-10-14-33(15-11-20)18-21-7-3-2-4-8-21/h2-9,12-13,16,19-20H,10-11,14-15,17-18H2,1H3,(H,29,34)(H,30,31,32). The molecule has 4 aromatic rings. The first-order valence-corrected chi connectivity index (χ1v) is 13.0. The maximum absolute atomic E-state index is 13.2. The number of piperidine rings is 1. The number of anilines is 1. The Morgan fingerprint density at radius 2 is 1.89 bits per heavy atom. The topological polar surface area (TPSA) is 83.0 Å². The van der Waals surface area contributed by atoms with E-state index in [1.807, 2.05) is 36.6 Å². The Morgan fingerprint density at radius 1 is 1.09 bits per heavy atom. The number of benzene rings is 1. The third kappa shape index (κ3) is 5.83. The van der Waals surface area contributed by atoms with Crippen LogP contribution in [0.3, 0.4) is 0 Å². The molecular weight excluding hydrogens is 456 g/mol. The van der Waals surface area contributed by atoms with Gasteiger partial charge in [0.05, 0.1) is 22.0 Å². The minimum Gasteiger partial charge on any atom is -0.350 e. The molecule has 4 heterocycles. The van der Waals surface area contributed by atoms with E-state index in [9.17, 15) is 4.79 Å². The molecule has 1 saturated heterocycles. The van der Waals surface area contributed by atoms with Gasteiger partial charge in [-0.2, -0.15) is 0 Å². The summed E-state index contributed by atoms with van der Waals surface area (Å²) in [7, 11) is 0. The predicted octanol–water partition coefficient (Wildman–Crippen LogP) is 4.90. The molecular formula is C27H30N6OS. The van der Waals surface area contributed by atoms with Crippen LogP contribution in [0.2, 0.25) is 0 Å². The van der Waals surface area contributed by atoms with Crippen LogP contribution in [0.15, 0.2) is 66.2 Å². The van der Waals surface area contributed by atoms with Gasteiger partial charge in [0.15, 0.2) is 5.69 Å². The van der Waals surface area contributed by atoms with Gasteiger partial charge in [0.2, 0.25) is 5.95 Å². The van der Waals surface area contributed by atoms with Gasteiger partial charge in [-0.15, -0.1) is 11.3 Å². The van der Waals surface area contributed by atoms with Gasteiger partial charge in [-0.25, -0.2) is 9.97 Å². The second-order valence-corrected chi connectivity index (χ2v) is 9.98. The molecule has 7 nitrogen and oxygen atoms in total. The molecule has 35 heavy (non-hydrogen) atoms. The fraction of sp³-hybridized carbons (Fsp3) is 0.333.